The van der Waals surface area contributed by atoms with Crippen molar-refractivity contribution >= 4 is 17.4 Å². The Hall–Kier alpha value is -0.890. The van der Waals surface area contributed by atoms with Gasteiger partial charge in [0.25, 0.3) is 0 Å². The number of nitrogens with zero attached hydrogens (tertiary/aromatic N) is 1. The third-order valence-electron chi connectivity index (χ3n) is 2.52. The summed E-state index contributed by atoms with van der Waals surface area (Å²) in [6.45, 7) is 5.84. The minimum absolute atomic E-state index is 0.0763. The van der Waals surface area contributed by atoms with Crippen LogP contribution in [0.4, 0.5) is 0 Å². The second kappa shape index (κ2) is 4.09. The molecule has 1 rings (SSSR count). The van der Waals surface area contributed by atoms with Gasteiger partial charge in [0.05, 0.1) is 5.02 Å². The molecule has 0 aliphatic rings. The lowest BCUT2D eigenvalue weighted by atomic mass is 9.82. The van der Waals surface area contributed by atoms with E-state index in [1.165, 1.54) is 6.20 Å². The molecule has 0 atom stereocenters. The van der Waals surface area contributed by atoms with Gasteiger partial charge in [-0.25, -0.2) is 0 Å². The zero-order valence-corrected chi connectivity index (χ0v) is 9.43. The highest BCUT2D eigenvalue weighted by molar-refractivity contribution is 6.34. The SMILES string of the molecule is CCC(C)(C)C(=O)c1ccncc1Cl. The molecule has 0 bridgehead atoms. The Kier molecular flexibility index (Phi) is 3.27. The van der Waals surface area contributed by atoms with Crippen molar-refractivity contribution in [3.63, 3.8) is 0 Å². The first kappa shape index (κ1) is 11.2. The summed E-state index contributed by atoms with van der Waals surface area (Å²) in [5.41, 5.74) is 0.207. The van der Waals surface area contributed by atoms with Crippen LogP contribution in [-0.4, -0.2) is 10.8 Å². The lowest BCUT2D eigenvalue weighted by Crippen LogP contribution is -2.23. The van der Waals surface area contributed by atoms with E-state index >= 15 is 0 Å². The van der Waals surface area contributed by atoms with Crippen LogP contribution in [0, 0.1) is 5.41 Å². The zero-order chi connectivity index (χ0) is 10.8. The zero-order valence-electron chi connectivity index (χ0n) is 8.67. The molecule has 0 radical (unpaired) electrons. The standard InChI is InChI=1S/C11H14ClNO/c1-4-11(2,3)10(14)8-5-6-13-7-9(8)12/h5-7H,4H2,1-3H3. The molecule has 0 saturated heterocycles. The molecule has 1 aromatic heterocycles. The van der Waals surface area contributed by atoms with E-state index in [-0.39, 0.29) is 11.2 Å². The predicted octanol–water partition coefficient (Wildman–Crippen LogP) is 3.35. The van der Waals surface area contributed by atoms with Crippen molar-refractivity contribution < 1.29 is 4.79 Å². The van der Waals surface area contributed by atoms with Gasteiger partial charge >= 0.3 is 0 Å². The van der Waals surface area contributed by atoms with Gasteiger partial charge < -0.3 is 0 Å². The summed E-state index contributed by atoms with van der Waals surface area (Å²) in [7, 11) is 0. The topological polar surface area (TPSA) is 30.0 Å². The quantitative estimate of drug-likeness (QED) is 0.718. The van der Waals surface area contributed by atoms with Crippen molar-refractivity contribution in [1.82, 2.24) is 4.98 Å². The molecule has 0 N–H and O–H groups in total. The number of aromatic nitrogens is 1. The first-order valence-electron chi connectivity index (χ1n) is 4.63. The molecular formula is C11H14ClNO. The van der Waals surface area contributed by atoms with Gasteiger partial charge in [0.1, 0.15) is 0 Å². The van der Waals surface area contributed by atoms with Crippen molar-refractivity contribution in [3.8, 4) is 0 Å². The van der Waals surface area contributed by atoms with Gasteiger partial charge in [0.2, 0.25) is 0 Å². The highest BCUT2D eigenvalue weighted by atomic mass is 35.5. The molecule has 1 aromatic rings. The van der Waals surface area contributed by atoms with Gasteiger partial charge in [-0.1, -0.05) is 32.4 Å². The van der Waals surface area contributed by atoms with Gasteiger partial charge in [0, 0.05) is 23.4 Å². The number of pyridine rings is 1. The van der Waals surface area contributed by atoms with Crippen molar-refractivity contribution in [1.29, 1.82) is 0 Å². The first-order chi connectivity index (χ1) is 6.49. The third kappa shape index (κ3) is 2.13. The van der Waals surface area contributed by atoms with Crippen molar-refractivity contribution in [2.24, 2.45) is 5.41 Å². The lowest BCUT2D eigenvalue weighted by Gasteiger charge is -2.21. The number of Topliss-reactive ketones (excluding diaryl/α,β-unsaturated/α-hetero) is 1. The molecule has 0 unspecified atom stereocenters. The van der Waals surface area contributed by atoms with Crippen LogP contribution in [0.5, 0.6) is 0 Å². The molecule has 0 aromatic carbocycles. The highest BCUT2D eigenvalue weighted by Crippen LogP contribution is 2.28. The van der Waals surface area contributed by atoms with Gasteiger partial charge in [-0.2, -0.15) is 0 Å². The highest BCUT2D eigenvalue weighted by Gasteiger charge is 2.27. The summed E-state index contributed by atoms with van der Waals surface area (Å²) in [6, 6.07) is 1.67. The van der Waals surface area contributed by atoms with Crippen LogP contribution in [0.1, 0.15) is 37.6 Å². The average Bonchev–Trinajstić information content (AvgIpc) is 2.17. The number of carbonyl (C=O) groups is 1. The summed E-state index contributed by atoms with van der Waals surface area (Å²) in [5.74, 6) is 0.0763. The third-order valence-corrected chi connectivity index (χ3v) is 2.82. The molecule has 0 saturated carbocycles. The number of rotatable bonds is 3. The van der Waals surface area contributed by atoms with Gasteiger partial charge in [-0.05, 0) is 12.5 Å². The number of halogens is 1. The van der Waals surface area contributed by atoms with E-state index in [0.717, 1.165) is 6.42 Å². The van der Waals surface area contributed by atoms with Gasteiger partial charge in [-0.3, -0.25) is 9.78 Å². The Labute approximate surface area is 89.3 Å². The Morgan fingerprint density at radius 1 is 1.57 bits per heavy atom. The van der Waals surface area contributed by atoms with E-state index in [1.54, 1.807) is 12.3 Å². The molecule has 14 heavy (non-hydrogen) atoms. The molecule has 0 fully saturated rings. The molecule has 2 nitrogen and oxygen atoms in total. The summed E-state index contributed by atoms with van der Waals surface area (Å²) in [6.07, 6.45) is 3.88. The average molecular weight is 212 g/mol. The number of ketones is 1. The molecule has 0 aliphatic carbocycles. The maximum Gasteiger partial charge on any atom is 0.170 e. The predicted molar refractivity (Wildman–Crippen MR) is 57.6 cm³/mol. The van der Waals surface area contributed by atoms with Crippen LogP contribution in [0.2, 0.25) is 5.02 Å². The number of hydrogen-bond donors (Lipinski definition) is 0. The fourth-order valence-corrected chi connectivity index (χ4v) is 1.29. The van der Waals surface area contributed by atoms with E-state index in [9.17, 15) is 4.79 Å². The smallest absolute Gasteiger partial charge is 0.170 e. The van der Waals surface area contributed by atoms with Crippen molar-refractivity contribution in [3.05, 3.63) is 29.0 Å². The fraction of sp³-hybridized carbons (Fsp3) is 0.455. The largest absolute Gasteiger partial charge is 0.294 e. The summed E-state index contributed by atoms with van der Waals surface area (Å²) >= 11 is 5.90. The van der Waals surface area contributed by atoms with Gasteiger partial charge in [0.15, 0.2) is 5.78 Å². The molecule has 76 valence electrons. The molecule has 3 heteroatoms. The van der Waals surface area contributed by atoms with Crippen LogP contribution in [-0.2, 0) is 0 Å². The van der Waals surface area contributed by atoms with Crippen LogP contribution in [0.25, 0.3) is 0 Å². The Balaban J connectivity index is 3.07. The van der Waals surface area contributed by atoms with Crippen LogP contribution < -0.4 is 0 Å². The molecule has 0 aliphatic heterocycles. The minimum Gasteiger partial charge on any atom is -0.294 e. The van der Waals surface area contributed by atoms with E-state index in [2.05, 4.69) is 4.98 Å². The number of carbonyl (C=O) groups excluding carboxylic acids is 1. The monoisotopic (exact) mass is 211 g/mol. The van der Waals surface area contributed by atoms with Crippen LogP contribution in [0.3, 0.4) is 0 Å². The van der Waals surface area contributed by atoms with Gasteiger partial charge in [-0.15, -0.1) is 0 Å². The second-order valence-electron chi connectivity index (χ2n) is 3.92. The van der Waals surface area contributed by atoms with E-state index in [4.69, 9.17) is 11.6 Å². The maximum absolute atomic E-state index is 12.0. The summed E-state index contributed by atoms with van der Waals surface area (Å²) in [4.78, 5) is 15.9. The fourth-order valence-electron chi connectivity index (χ4n) is 1.08. The molecule has 0 spiro atoms. The Bertz CT molecular complexity index is 347. The number of hydrogen-bond acceptors (Lipinski definition) is 2. The van der Waals surface area contributed by atoms with Crippen LogP contribution in [0.15, 0.2) is 18.5 Å². The van der Waals surface area contributed by atoms with E-state index in [0.29, 0.717) is 10.6 Å². The van der Waals surface area contributed by atoms with E-state index < -0.39 is 0 Å². The molecule has 1 heterocycles. The Morgan fingerprint density at radius 2 is 2.21 bits per heavy atom. The Morgan fingerprint density at radius 3 is 2.71 bits per heavy atom. The minimum atomic E-state index is -0.356. The van der Waals surface area contributed by atoms with Crippen LogP contribution >= 0.6 is 11.6 Å². The summed E-state index contributed by atoms with van der Waals surface area (Å²) < 4.78 is 0. The second-order valence-corrected chi connectivity index (χ2v) is 4.33. The molecular weight excluding hydrogens is 198 g/mol. The molecule has 0 amide bonds. The van der Waals surface area contributed by atoms with E-state index in [1.807, 2.05) is 20.8 Å². The summed E-state index contributed by atoms with van der Waals surface area (Å²) in [5, 5.41) is 0.430. The normalized spacial score (nSPS) is 11.4. The maximum atomic E-state index is 12.0. The first-order valence-corrected chi connectivity index (χ1v) is 5.01. The van der Waals surface area contributed by atoms with Crippen molar-refractivity contribution in [2.75, 3.05) is 0 Å². The lowest BCUT2D eigenvalue weighted by molar-refractivity contribution is 0.0833. The van der Waals surface area contributed by atoms with Crippen molar-refractivity contribution in [2.45, 2.75) is 27.2 Å².